The normalized spacial score (nSPS) is 10.5. The molecule has 0 aliphatic carbocycles. The second kappa shape index (κ2) is 4.93. The third-order valence-corrected chi connectivity index (χ3v) is 2.41. The number of nitrogen functional groups attached to an aromatic ring is 2. The number of rotatable bonds is 4. The second-order valence-corrected chi connectivity index (χ2v) is 3.92. The summed E-state index contributed by atoms with van der Waals surface area (Å²) in [5.41, 5.74) is 12.6. The Morgan fingerprint density at radius 3 is 2.50 bits per heavy atom. The molecule has 0 saturated carbocycles. The number of carbonyl (C=O) groups is 1. The summed E-state index contributed by atoms with van der Waals surface area (Å²) in [5, 5.41) is 0. The Morgan fingerprint density at radius 2 is 1.89 bits per heavy atom. The Labute approximate surface area is 104 Å². The largest absolute Gasteiger partial charge is 0.455 e. The van der Waals surface area contributed by atoms with Crippen LogP contribution in [0.25, 0.3) is 0 Å². The number of ether oxygens (including phenoxy) is 1. The summed E-state index contributed by atoms with van der Waals surface area (Å²) in [5.74, 6) is 0.584. The summed E-state index contributed by atoms with van der Waals surface area (Å²) < 4.78 is 10.3. The van der Waals surface area contributed by atoms with E-state index >= 15 is 0 Å². The Hall–Kier alpha value is -2.27. The molecule has 0 saturated heterocycles. The number of furan rings is 1. The fraction of sp³-hybridized carbons (Fsp3) is 0.154. The smallest absolute Gasteiger partial charge is 0.228 e. The van der Waals surface area contributed by atoms with E-state index in [0.29, 0.717) is 29.3 Å². The molecule has 0 spiro atoms. The van der Waals surface area contributed by atoms with Crippen LogP contribution in [0.15, 0.2) is 34.7 Å². The van der Waals surface area contributed by atoms with Crippen LogP contribution in [-0.4, -0.2) is 12.9 Å². The van der Waals surface area contributed by atoms with Crippen molar-refractivity contribution in [3.63, 3.8) is 0 Å². The van der Waals surface area contributed by atoms with Gasteiger partial charge in [0.25, 0.3) is 0 Å². The lowest BCUT2D eigenvalue weighted by Gasteiger charge is -2.02. The van der Waals surface area contributed by atoms with Crippen LogP contribution in [0.3, 0.4) is 0 Å². The topological polar surface area (TPSA) is 91.5 Å². The van der Waals surface area contributed by atoms with Crippen molar-refractivity contribution in [2.75, 3.05) is 18.6 Å². The van der Waals surface area contributed by atoms with Gasteiger partial charge in [-0.3, -0.25) is 4.79 Å². The maximum Gasteiger partial charge on any atom is 0.228 e. The minimum Gasteiger partial charge on any atom is -0.455 e. The predicted molar refractivity (Wildman–Crippen MR) is 68.1 cm³/mol. The van der Waals surface area contributed by atoms with Gasteiger partial charge in [0.2, 0.25) is 5.78 Å². The van der Waals surface area contributed by atoms with E-state index in [1.54, 1.807) is 37.4 Å². The van der Waals surface area contributed by atoms with Gasteiger partial charge in [-0.2, -0.15) is 0 Å². The van der Waals surface area contributed by atoms with Crippen molar-refractivity contribution < 1.29 is 13.9 Å². The number of benzene rings is 1. The average molecular weight is 246 g/mol. The molecule has 5 heteroatoms. The summed E-state index contributed by atoms with van der Waals surface area (Å²) in [6.45, 7) is 0.326. The van der Waals surface area contributed by atoms with Crippen molar-refractivity contribution in [2.45, 2.75) is 6.61 Å². The number of nitrogens with two attached hydrogens (primary N) is 2. The summed E-state index contributed by atoms with van der Waals surface area (Å²) in [7, 11) is 1.56. The molecule has 1 heterocycles. The van der Waals surface area contributed by atoms with Crippen LogP contribution in [0.4, 0.5) is 11.4 Å². The maximum absolute atomic E-state index is 12.1. The molecular formula is C13H14N2O3. The van der Waals surface area contributed by atoms with Gasteiger partial charge >= 0.3 is 0 Å². The van der Waals surface area contributed by atoms with E-state index in [-0.39, 0.29) is 11.5 Å². The lowest BCUT2D eigenvalue weighted by Crippen LogP contribution is -2.02. The number of methoxy groups -OCH3 is 1. The van der Waals surface area contributed by atoms with Crippen molar-refractivity contribution >= 4 is 17.2 Å². The van der Waals surface area contributed by atoms with Crippen molar-refractivity contribution in [3.05, 3.63) is 47.4 Å². The van der Waals surface area contributed by atoms with Gasteiger partial charge in [0, 0.05) is 24.0 Å². The van der Waals surface area contributed by atoms with E-state index < -0.39 is 0 Å². The molecule has 0 unspecified atom stereocenters. The molecule has 94 valence electrons. The van der Waals surface area contributed by atoms with Gasteiger partial charge < -0.3 is 20.6 Å². The van der Waals surface area contributed by atoms with Gasteiger partial charge in [0.1, 0.15) is 12.4 Å². The second-order valence-electron chi connectivity index (χ2n) is 3.92. The summed E-state index contributed by atoms with van der Waals surface area (Å²) in [6.07, 6.45) is 0. The van der Waals surface area contributed by atoms with E-state index in [1.807, 2.05) is 0 Å². The Kier molecular flexibility index (Phi) is 3.34. The third kappa shape index (κ3) is 2.52. The zero-order chi connectivity index (χ0) is 13.1. The fourth-order valence-corrected chi connectivity index (χ4v) is 1.67. The van der Waals surface area contributed by atoms with Crippen LogP contribution in [-0.2, 0) is 11.3 Å². The van der Waals surface area contributed by atoms with Crippen LogP contribution >= 0.6 is 0 Å². The monoisotopic (exact) mass is 246 g/mol. The maximum atomic E-state index is 12.1. The van der Waals surface area contributed by atoms with Crippen LogP contribution in [0.5, 0.6) is 0 Å². The zero-order valence-electron chi connectivity index (χ0n) is 9.97. The SMILES string of the molecule is COCc1ccc(C(=O)c2cc(N)cc(N)c2)o1. The molecule has 2 rings (SSSR count). The first kappa shape index (κ1) is 12.2. The number of hydrogen-bond donors (Lipinski definition) is 2. The minimum atomic E-state index is -0.253. The Bertz CT molecular complexity index is 555. The zero-order valence-corrected chi connectivity index (χ0v) is 9.97. The Morgan fingerprint density at radius 1 is 1.22 bits per heavy atom. The Balaban J connectivity index is 2.29. The molecule has 5 nitrogen and oxygen atoms in total. The van der Waals surface area contributed by atoms with Crippen LogP contribution < -0.4 is 11.5 Å². The molecule has 0 aliphatic rings. The van der Waals surface area contributed by atoms with E-state index in [4.69, 9.17) is 20.6 Å². The molecule has 4 N–H and O–H groups in total. The molecule has 0 bridgehead atoms. The number of carbonyl (C=O) groups excluding carboxylic acids is 1. The highest BCUT2D eigenvalue weighted by Crippen LogP contribution is 2.19. The van der Waals surface area contributed by atoms with Crippen molar-refractivity contribution in [1.29, 1.82) is 0 Å². The molecule has 0 fully saturated rings. The lowest BCUT2D eigenvalue weighted by molar-refractivity contribution is 0.1000. The molecule has 2 aromatic rings. The van der Waals surface area contributed by atoms with Crippen LogP contribution in [0.2, 0.25) is 0 Å². The van der Waals surface area contributed by atoms with E-state index in [9.17, 15) is 4.79 Å². The van der Waals surface area contributed by atoms with Gasteiger partial charge in [-0.15, -0.1) is 0 Å². The van der Waals surface area contributed by atoms with Crippen molar-refractivity contribution in [3.8, 4) is 0 Å². The van der Waals surface area contributed by atoms with Crippen LogP contribution in [0, 0.1) is 0 Å². The number of anilines is 2. The van der Waals surface area contributed by atoms with E-state index in [1.165, 1.54) is 0 Å². The summed E-state index contributed by atoms with van der Waals surface area (Å²) in [6, 6.07) is 8.03. The van der Waals surface area contributed by atoms with Gasteiger partial charge in [-0.1, -0.05) is 0 Å². The highest BCUT2D eigenvalue weighted by Gasteiger charge is 2.14. The first-order chi connectivity index (χ1) is 8.60. The third-order valence-electron chi connectivity index (χ3n) is 2.41. The molecule has 0 atom stereocenters. The van der Waals surface area contributed by atoms with Gasteiger partial charge in [0.05, 0.1) is 0 Å². The van der Waals surface area contributed by atoms with Crippen molar-refractivity contribution in [2.24, 2.45) is 0 Å². The van der Waals surface area contributed by atoms with Gasteiger partial charge in [-0.25, -0.2) is 0 Å². The van der Waals surface area contributed by atoms with Gasteiger partial charge in [0.15, 0.2) is 5.76 Å². The molecule has 18 heavy (non-hydrogen) atoms. The predicted octanol–water partition coefficient (Wildman–Crippen LogP) is 1.82. The molecular weight excluding hydrogens is 232 g/mol. The number of hydrogen-bond acceptors (Lipinski definition) is 5. The highest BCUT2D eigenvalue weighted by atomic mass is 16.5. The molecule has 0 aliphatic heterocycles. The standard InChI is InChI=1S/C13H14N2O3/c1-17-7-11-2-3-12(18-11)13(16)8-4-9(14)6-10(15)5-8/h2-6H,7,14-15H2,1H3. The minimum absolute atomic E-state index is 0.243. The molecule has 1 aromatic heterocycles. The first-order valence-electron chi connectivity index (χ1n) is 5.38. The van der Waals surface area contributed by atoms with Gasteiger partial charge in [-0.05, 0) is 30.3 Å². The van der Waals surface area contributed by atoms with Crippen molar-refractivity contribution in [1.82, 2.24) is 0 Å². The summed E-state index contributed by atoms with van der Waals surface area (Å²) >= 11 is 0. The van der Waals surface area contributed by atoms with E-state index in [2.05, 4.69) is 0 Å². The lowest BCUT2D eigenvalue weighted by atomic mass is 10.1. The van der Waals surface area contributed by atoms with Crippen LogP contribution in [0.1, 0.15) is 21.9 Å². The quantitative estimate of drug-likeness (QED) is 0.634. The molecule has 0 amide bonds. The highest BCUT2D eigenvalue weighted by molar-refractivity contribution is 6.08. The molecule has 1 aromatic carbocycles. The van der Waals surface area contributed by atoms with E-state index in [0.717, 1.165) is 0 Å². The average Bonchev–Trinajstić information content (AvgIpc) is 2.76. The fourth-order valence-electron chi connectivity index (χ4n) is 1.67. The first-order valence-corrected chi connectivity index (χ1v) is 5.38. The molecule has 0 radical (unpaired) electrons. The summed E-state index contributed by atoms with van der Waals surface area (Å²) in [4.78, 5) is 12.1. The number of ketones is 1.